The maximum absolute atomic E-state index is 12.4. The fourth-order valence-electron chi connectivity index (χ4n) is 3.60. The lowest BCUT2D eigenvalue weighted by Crippen LogP contribution is -2.36. The number of carbonyl (C=O) groups excluding carboxylic acids is 1. The lowest BCUT2D eigenvalue weighted by molar-refractivity contribution is 0.0922. The number of pyridine rings is 1. The smallest absolute Gasteiger partial charge is 0.270 e. The highest BCUT2D eigenvalue weighted by Gasteiger charge is 2.18. The third kappa shape index (κ3) is 3.14. The standard InChI is InChI=1S/C20H22N4O/c1-24-18-10-6-5-9-16(18)19(23-24)14-11-12-17(21-13-14)20(25)22-15-7-3-2-4-8-15/h5-6,9-13,15H,2-4,7-8H2,1H3,(H,22,25). The predicted octanol–water partition coefficient (Wildman–Crippen LogP) is 3.70. The van der Waals surface area contributed by atoms with Crippen molar-refractivity contribution in [1.29, 1.82) is 0 Å². The maximum atomic E-state index is 12.4. The molecule has 0 saturated heterocycles. The van der Waals surface area contributed by atoms with Crippen LogP contribution in [-0.4, -0.2) is 26.7 Å². The monoisotopic (exact) mass is 334 g/mol. The minimum atomic E-state index is -0.0793. The third-order valence-electron chi connectivity index (χ3n) is 4.97. The van der Waals surface area contributed by atoms with E-state index in [0.717, 1.165) is 35.0 Å². The summed E-state index contributed by atoms with van der Waals surface area (Å²) in [6.07, 6.45) is 7.56. The van der Waals surface area contributed by atoms with E-state index >= 15 is 0 Å². The molecule has 128 valence electrons. The molecular formula is C20H22N4O. The van der Waals surface area contributed by atoms with Crippen LogP contribution >= 0.6 is 0 Å². The van der Waals surface area contributed by atoms with Crippen molar-refractivity contribution in [2.45, 2.75) is 38.1 Å². The SMILES string of the molecule is Cn1nc(-c2ccc(C(=O)NC3CCCCC3)nc2)c2ccccc21. The number of para-hydroxylation sites is 1. The largest absolute Gasteiger partial charge is 0.348 e. The van der Waals surface area contributed by atoms with Crippen LogP contribution in [0.25, 0.3) is 22.2 Å². The number of rotatable bonds is 3. The fraction of sp³-hybridized carbons (Fsp3) is 0.350. The molecule has 2 aromatic heterocycles. The second kappa shape index (κ2) is 6.67. The molecule has 5 nitrogen and oxygen atoms in total. The summed E-state index contributed by atoms with van der Waals surface area (Å²) in [6, 6.07) is 12.1. The van der Waals surface area contributed by atoms with Gasteiger partial charge in [-0.3, -0.25) is 14.5 Å². The molecular weight excluding hydrogens is 312 g/mol. The summed E-state index contributed by atoms with van der Waals surface area (Å²) < 4.78 is 1.87. The van der Waals surface area contributed by atoms with Crippen molar-refractivity contribution in [1.82, 2.24) is 20.1 Å². The Labute approximate surface area is 147 Å². The highest BCUT2D eigenvalue weighted by atomic mass is 16.1. The number of nitrogens with zero attached hydrogens (tertiary/aromatic N) is 3. The minimum Gasteiger partial charge on any atom is -0.348 e. The number of aromatic nitrogens is 3. The van der Waals surface area contributed by atoms with Gasteiger partial charge in [-0.15, -0.1) is 0 Å². The molecule has 0 aliphatic heterocycles. The van der Waals surface area contributed by atoms with Crippen LogP contribution in [0.5, 0.6) is 0 Å². The lowest BCUT2D eigenvalue weighted by atomic mass is 9.95. The van der Waals surface area contributed by atoms with Crippen LogP contribution in [0.2, 0.25) is 0 Å². The van der Waals surface area contributed by atoms with E-state index in [2.05, 4.69) is 21.5 Å². The quantitative estimate of drug-likeness (QED) is 0.794. The molecule has 1 aromatic carbocycles. The molecule has 4 rings (SSSR count). The Bertz CT molecular complexity index is 892. The molecule has 0 unspecified atom stereocenters. The molecule has 0 spiro atoms. The second-order valence-electron chi connectivity index (χ2n) is 6.73. The van der Waals surface area contributed by atoms with Crippen molar-refractivity contribution >= 4 is 16.8 Å². The Morgan fingerprint density at radius 3 is 2.68 bits per heavy atom. The minimum absolute atomic E-state index is 0.0793. The van der Waals surface area contributed by atoms with E-state index < -0.39 is 0 Å². The number of aryl methyl sites for hydroxylation is 1. The summed E-state index contributed by atoms with van der Waals surface area (Å²) in [6.45, 7) is 0. The highest BCUT2D eigenvalue weighted by Crippen LogP contribution is 2.27. The molecule has 0 radical (unpaired) electrons. The van der Waals surface area contributed by atoms with Gasteiger partial charge in [0, 0.05) is 30.2 Å². The summed E-state index contributed by atoms with van der Waals surface area (Å²) in [7, 11) is 1.94. The van der Waals surface area contributed by atoms with Gasteiger partial charge in [0.2, 0.25) is 0 Å². The summed E-state index contributed by atoms with van der Waals surface area (Å²) in [5, 5.41) is 8.80. The average Bonchev–Trinajstić information content (AvgIpc) is 3.00. The van der Waals surface area contributed by atoms with Gasteiger partial charge in [0.1, 0.15) is 11.4 Å². The van der Waals surface area contributed by atoms with Crippen molar-refractivity contribution < 1.29 is 4.79 Å². The normalized spacial score (nSPS) is 15.4. The first kappa shape index (κ1) is 15.8. The molecule has 0 bridgehead atoms. The first-order valence-electron chi connectivity index (χ1n) is 8.91. The number of hydrogen-bond donors (Lipinski definition) is 1. The van der Waals surface area contributed by atoms with Gasteiger partial charge < -0.3 is 5.32 Å². The van der Waals surface area contributed by atoms with Crippen LogP contribution in [0.15, 0.2) is 42.6 Å². The second-order valence-corrected chi connectivity index (χ2v) is 6.73. The van der Waals surface area contributed by atoms with Crippen LogP contribution in [0, 0.1) is 0 Å². The van der Waals surface area contributed by atoms with Gasteiger partial charge >= 0.3 is 0 Å². The van der Waals surface area contributed by atoms with E-state index in [9.17, 15) is 4.79 Å². The Kier molecular flexibility index (Phi) is 4.22. The van der Waals surface area contributed by atoms with Gasteiger partial charge in [0.05, 0.1) is 5.52 Å². The van der Waals surface area contributed by atoms with Crippen LogP contribution in [0.4, 0.5) is 0 Å². The predicted molar refractivity (Wildman–Crippen MR) is 98.3 cm³/mol. The Morgan fingerprint density at radius 2 is 1.92 bits per heavy atom. The molecule has 0 atom stereocenters. The third-order valence-corrected chi connectivity index (χ3v) is 4.97. The van der Waals surface area contributed by atoms with Crippen LogP contribution < -0.4 is 5.32 Å². The molecule has 1 amide bonds. The van der Waals surface area contributed by atoms with E-state index in [0.29, 0.717) is 11.7 Å². The highest BCUT2D eigenvalue weighted by molar-refractivity contribution is 5.95. The van der Waals surface area contributed by atoms with Gasteiger partial charge in [-0.05, 0) is 31.0 Å². The zero-order valence-electron chi connectivity index (χ0n) is 14.4. The Morgan fingerprint density at radius 1 is 1.12 bits per heavy atom. The van der Waals surface area contributed by atoms with Gasteiger partial charge in [-0.2, -0.15) is 5.10 Å². The molecule has 5 heteroatoms. The van der Waals surface area contributed by atoms with Crippen molar-refractivity contribution in [2.24, 2.45) is 7.05 Å². The average molecular weight is 334 g/mol. The first-order chi connectivity index (χ1) is 12.2. The molecule has 1 N–H and O–H groups in total. The summed E-state index contributed by atoms with van der Waals surface area (Å²) in [5.74, 6) is -0.0793. The topological polar surface area (TPSA) is 59.8 Å². The number of benzene rings is 1. The number of nitrogens with one attached hydrogen (secondary N) is 1. The van der Waals surface area contributed by atoms with E-state index in [1.807, 2.05) is 36.0 Å². The van der Waals surface area contributed by atoms with E-state index in [1.54, 1.807) is 12.3 Å². The van der Waals surface area contributed by atoms with Crippen LogP contribution in [0.1, 0.15) is 42.6 Å². The van der Waals surface area contributed by atoms with Crippen LogP contribution in [0.3, 0.4) is 0 Å². The van der Waals surface area contributed by atoms with E-state index in [4.69, 9.17) is 0 Å². The molecule has 1 fully saturated rings. The molecule has 1 aliphatic rings. The maximum Gasteiger partial charge on any atom is 0.270 e. The molecule has 1 saturated carbocycles. The van der Waals surface area contributed by atoms with Gasteiger partial charge in [-0.1, -0.05) is 37.5 Å². The molecule has 1 aliphatic carbocycles. The molecule has 25 heavy (non-hydrogen) atoms. The van der Waals surface area contributed by atoms with Crippen molar-refractivity contribution in [3.05, 3.63) is 48.3 Å². The van der Waals surface area contributed by atoms with Gasteiger partial charge in [0.15, 0.2) is 0 Å². The Balaban J connectivity index is 1.56. The van der Waals surface area contributed by atoms with Crippen molar-refractivity contribution in [3.8, 4) is 11.3 Å². The zero-order chi connectivity index (χ0) is 17.2. The summed E-state index contributed by atoms with van der Waals surface area (Å²) >= 11 is 0. The summed E-state index contributed by atoms with van der Waals surface area (Å²) in [5.41, 5.74) is 3.36. The first-order valence-corrected chi connectivity index (χ1v) is 8.91. The Hall–Kier alpha value is -2.69. The van der Waals surface area contributed by atoms with Crippen molar-refractivity contribution in [3.63, 3.8) is 0 Å². The molecule has 2 heterocycles. The molecule has 3 aromatic rings. The van der Waals surface area contributed by atoms with Crippen LogP contribution in [-0.2, 0) is 7.05 Å². The van der Waals surface area contributed by atoms with E-state index in [-0.39, 0.29) is 5.91 Å². The van der Waals surface area contributed by atoms with E-state index in [1.165, 1.54) is 19.3 Å². The number of amides is 1. The van der Waals surface area contributed by atoms with Gasteiger partial charge in [-0.25, -0.2) is 0 Å². The number of fused-ring (bicyclic) bond motifs is 1. The lowest BCUT2D eigenvalue weighted by Gasteiger charge is -2.22. The van der Waals surface area contributed by atoms with Gasteiger partial charge in [0.25, 0.3) is 5.91 Å². The fourth-order valence-corrected chi connectivity index (χ4v) is 3.60. The number of hydrogen-bond acceptors (Lipinski definition) is 3. The number of carbonyl (C=O) groups is 1. The summed E-state index contributed by atoms with van der Waals surface area (Å²) in [4.78, 5) is 16.8. The zero-order valence-corrected chi connectivity index (χ0v) is 14.4. The van der Waals surface area contributed by atoms with Crippen molar-refractivity contribution in [2.75, 3.05) is 0 Å².